The molecule has 30 heteroatoms. The van der Waals surface area contributed by atoms with Crippen LogP contribution in [-0.4, -0.2) is 134 Å². The molecular formula is C37H60N7O19P3S. The summed E-state index contributed by atoms with van der Waals surface area (Å²) < 4.78 is 62.3. The minimum Gasteiger partial charge on any atom is -0.481 e. The molecule has 0 bridgehead atoms. The first-order valence-corrected chi connectivity index (χ1v) is 26.5. The normalized spacial score (nSPS) is 20.2. The molecule has 0 aliphatic carbocycles. The van der Waals surface area contributed by atoms with E-state index in [4.69, 9.17) is 24.6 Å². The molecule has 7 unspecified atom stereocenters. The van der Waals surface area contributed by atoms with Crippen LogP contribution in [0.2, 0.25) is 0 Å². The molecule has 1 aliphatic rings. The number of hydrogen-bond acceptors (Lipinski definition) is 19. The number of phosphoric acid groups is 3. The summed E-state index contributed by atoms with van der Waals surface area (Å²) in [5.74, 6) is -1.92. The number of nitrogens with zero attached hydrogens (tertiary/aromatic N) is 4. The number of fused-ring (bicyclic) bond motifs is 1. The summed E-state index contributed by atoms with van der Waals surface area (Å²) in [5.41, 5.74) is 4.25. The van der Waals surface area contributed by atoms with E-state index in [9.17, 15) is 62.7 Å². The second-order valence-electron chi connectivity index (χ2n) is 15.7. The number of carbonyl (C=O) groups is 4. The first kappa shape index (κ1) is 57.8. The third-order valence-electron chi connectivity index (χ3n) is 9.67. The summed E-state index contributed by atoms with van der Waals surface area (Å²) in [6, 6.07) is 0. The molecule has 26 nitrogen and oxygen atoms in total. The van der Waals surface area contributed by atoms with Crippen molar-refractivity contribution >= 4 is 75.1 Å². The lowest BCUT2D eigenvalue weighted by Gasteiger charge is -2.30. The SMILES string of the molecule is CC(C)(COP(=O)(O)OP(=O)(O)OCC1OC(n2cnc3c(N)ncnc32)C(O)C1OP(=O)(O)O)C(O)C(=O)NCCC(=O)NCCSC(=O)CCCCCCCC/C=C/C=C/CCC(=O)O. The zero-order chi connectivity index (χ0) is 49.8. The van der Waals surface area contributed by atoms with E-state index >= 15 is 0 Å². The molecule has 3 heterocycles. The number of aliphatic carboxylic acids is 1. The van der Waals surface area contributed by atoms with Crippen molar-refractivity contribution < 1.29 is 90.4 Å². The molecule has 0 saturated carbocycles. The smallest absolute Gasteiger partial charge is 0.481 e. The van der Waals surface area contributed by atoms with E-state index in [0.717, 1.165) is 73.9 Å². The molecule has 2 aromatic rings. The minimum atomic E-state index is -5.59. The van der Waals surface area contributed by atoms with Crippen LogP contribution in [0.1, 0.15) is 90.7 Å². The van der Waals surface area contributed by atoms with E-state index in [1.54, 1.807) is 0 Å². The quantitative estimate of drug-likeness (QED) is 0.0286. The number of anilines is 1. The van der Waals surface area contributed by atoms with Gasteiger partial charge < -0.3 is 56.0 Å². The number of thioether (sulfide) groups is 1. The number of rotatable bonds is 32. The maximum atomic E-state index is 12.7. The van der Waals surface area contributed by atoms with Gasteiger partial charge in [-0.2, -0.15) is 4.31 Å². The van der Waals surface area contributed by atoms with Gasteiger partial charge in [0, 0.05) is 43.5 Å². The summed E-state index contributed by atoms with van der Waals surface area (Å²) >= 11 is 1.11. The fourth-order valence-electron chi connectivity index (χ4n) is 6.16. The van der Waals surface area contributed by atoms with E-state index in [-0.39, 0.29) is 48.0 Å². The predicted octanol–water partition coefficient (Wildman–Crippen LogP) is 2.76. The minimum absolute atomic E-state index is 0.0210. The number of nitrogen functional groups attached to an aromatic ring is 1. The van der Waals surface area contributed by atoms with Crippen LogP contribution >= 0.6 is 35.2 Å². The molecule has 0 radical (unpaired) electrons. The zero-order valence-corrected chi connectivity index (χ0v) is 40.3. The Balaban J connectivity index is 1.31. The van der Waals surface area contributed by atoms with Crippen molar-refractivity contribution in [1.82, 2.24) is 30.2 Å². The Morgan fingerprint density at radius 2 is 1.57 bits per heavy atom. The number of phosphoric ester groups is 3. The molecule has 1 aliphatic heterocycles. The molecule has 67 heavy (non-hydrogen) atoms. The van der Waals surface area contributed by atoms with Crippen LogP contribution in [0.25, 0.3) is 11.2 Å². The van der Waals surface area contributed by atoms with Crippen molar-refractivity contribution in [3.8, 4) is 0 Å². The maximum Gasteiger partial charge on any atom is 0.481 e. The molecule has 11 N–H and O–H groups in total. The lowest BCUT2D eigenvalue weighted by atomic mass is 9.87. The summed E-state index contributed by atoms with van der Waals surface area (Å²) in [7, 11) is -16.4. The lowest BCUT2D eigenvalue weighted by Crippen LogP contribution is -2.46. The Morgan fingerprint density at radius 3 is 2.25 bits per heavy atom. The van der Waals surface area contributed by atoms with E-state index in [2.05, 4.69) is 40.5 Å². The van der Waals surface area contributed by atoms with Gasteiger partial charge in [0.1, 0.15) is 36.3 Å². The number of ether oxygens (including phenoxy) is 1. The summed E-state index contributed by atoms with van der Waals surface area (Å²) in [6.45, 7) is 0.473. The van der Waals surface area contributed by atoms with Crippen LogP contribution in [0.5, 0.6) is 0 Å². The maximum absolute atomic E-state index is 12.7. The Labute approximate surface area is 389 Å². The summed E-state index contributed by atoms with van der Waals surface area (Å²) in [6.07, 6.45) is 8.66. The van der Waals surface area contributed by atoms with Crippen LogP contribution in [0, 0.1) is 5.41 Å². The Morgan fingerprint density at radius 1 is 0.910 bits per heavy atom. The monoisotopic (exact) mass is 1030 g/mol. The number of allylic oxidation sites excluding steroid dienone is 4. The number of imidazole rings is 1. The van der Waals surface area contributed by atoms with Gasteiger partial charge in [-0.1, -0.05) is 75.6 Å². The summed E-state index contributed by atoms with van der Waals surface area (Å²) in [4.78, 5) is 98.7. The number of carboxylic acids is 1. The number of unbranched alkanes of at least 4 members (excludes halogenated alkanes) is 6. The molecule has 2 aromatic heterocycles. The third kappa shape index (κ3) is 21.4. The van der Waals surface area contributed by atoms with E-state index in [1.807, 2.05) is 18.2 Å². The Hall–Kier alpha value is -3.49. The van der Waals surface area contributed by atoms with Crippen LogP contribution in [0.15, 0.2) is 37.0 Å². The molecule has 0 aromatic carbocycles. The van der Waals surface area contributed by atoms with Crippen LogP contribution in [0.4, 0.5) is 5.82 Å². The van der Waals surface area contributed by atoms with Crippen molar-refractivity contribution in [2.75, 3.05) is 37.8 Å². The van der Waals surface area contributed by atoms with Gasteiger partial charge in [-0.25, -0.2) is 28.6 Å². The third-order valence-corrected chi connectivity index (χ3v) is 13.7. The van der Waals surface area contributed by atoms with Gasteiger partial charge in [-0.15, -0.1) is 0 Å². The number of aromatic nitrogens is 4. The average Bonchev–Trinajstić information content (AvgIpc) is 3.80. The molecule has 2 amide bonds. The largest absolute Gasteiger partial charge is 0.481 e. The van der Waals surface area contributed by atoms with E-state index in [1.165, 1.54) is 13.8 Å². The highest BCUT2D eigenvalue weighted by atomic mass is 32.2. The molecule has 378 valence electrons. The number of aliphatic hydroxyl groups excluding tert-OH is 2. The highest BCUT2D eigenvalue weighted by Crippen LogP contribution is 2.61. The number of carbonyl (C=O) groups excluding carboxylic acids is 3. The van der Waals surface area contributed by atoms with Crippen molar-refractivity contribution in [1.29, 1.82) is 0 Å². The Bertz CT molecular complexity index is 2160. The second kappa shape index (κ2) is 27.6. The number of amides is 2. The number of carboxylic acid groups (broad SMARTS) is 1. The number of nitrogens with one attached hydrogen (secondary N) is 2. The lowest BCUT2D eigenvalue weighted by molar-refractivity contribution is -0.137. The number of hydrogen-bond donors (Lipinski definition) is 10. The molecule has 3 rings (SSSR count). The number of aliphatic hydroxyl groups is 2. The first-order chi connectivity index (χ1) is 31.4. The van der Waals surface area contributed by atoms with Crippen molar-refractivity contribution in [2.24, 2.45) is 5.41 Å². The van der Waals surface area contributed by atoms with Crippen LogP contribution in [0.3, 0.4) is 0 Å². The van der Waals surface area contributed by atoms with Crippen LogP contribution < -0.4 is 16.4 Å². The first-order valence-electron chi connectivity index (χ1n) is 21.0. The molecular weight excluding hydrogens is 971 g/mol. The molecule has 1 fully saturated rings. The van der Waals surface area contributed by atoms with Gasteiger partial charge in [0.2, 0.25) is 11.8 Å². The van der Waals surface area contributed by atoms with Crippen molar-refractivity contribution in [3.63, 3.8) is 0 Å². The van der Waals surface area contributed by atoms with Crippen molar-refractivity contribution in [2.45, 2.75) is 115 Å². The topological polar surface area (TPSA) is 401 Å². The number of nitrogens with two attached hydrogens (primary N) is 1. The standard InChI is InChI=1S/C37H60N7O19P3S/c1-37(2,32(50)35(51)40-18-17-26(45)39-19-20-67-28(48)16-14-12-10-8-6-4-3-5-7-9-11-13-15-27(46)47)22-60-66(57,58)63-65(55,56)59-21-25-31(62-64(52,53)54)30(49)36(61-25)44-24-43-29-33(38)41-23-42-34(29)44/h5,7,9,11,23-25,30-32,36,49-50H,3-4,6,8,10,12-22H2,1-2H3,(H,39,45)(H,40,51)(H,46,47)(H,55,56)(H,57,58)(H2,38,41,42)(H2,52,53,54)/b7-5+,11-9+. The summed E-state index contributed by atoms with van der Waals surface area (Å²) in [5, 5.41) is 35.2. The zero-order valence-electron chi connectivity index (χ0n) is 36.8. The van der Waals surface area contributed by atoms with Crippen LogP contribution in [-0.2, 0) is 55.5 Å². The van der Waals surface area contributed by atoms with Gasteiger partial charge in [-0.3, -0.25) is 37.3 Å². The van der Waals surface area contributed by atoms with Gasteiger partial charge >= 0.3 is 29.4 Å². The molecule has 1 saturated heterocycles. The predicted molar refractivity (Wildman–Crippen MR) is 239 cm³/mol. The van der Waals surface area contributed by atoms with Gasteiger partial charge in [0.05, 0.1) is 19.5 Å². The highest BCUT2D eigenvalue weighted by molar-refractivity contribution is 8.13. The van der Waals surface area contributed by atoms with Gasteiger partial charge in [0.25, 0.3) is 0 Å². The highest BCUT2D eigenvalue weighted by Gasteiger charge is 2.50. The fraction of sp³-hybridized carbons (Fsp3) is 0.649. The van der Waals surface area contributed by atoms with Crippen molar-refractivity contribution in [3.05, 3.63) is 37.0 Å². The molecule has 0 spiro atoms. The van der Waals surface area contributed by atoms with Gasteiger partial charge in [0.15, 0.2) is 22.8 Å². The Kier molecular flexibility index (Phi) is 23.9. The molecule has 7 atom stereocenters. The second-order valence-corrected chi connectivity index (χ2v) is 21.1. The van der Waals surface area contributed by atoms with E-state index < -0.39 is 90.5 Å². The fourth-order valence-corrected chi connectivity index (χ4v) is 9.71. The average molecular weight is 1030 g/mol. The van der Waals surface area contributed by atoms with E-state index in [0.29, 0.717) is 18.6 Å². The van der Waals surface area contributed by atoms with Gasteiger partial charge in [-0.05, 0) is 25.7 Å².